The highest BCUT2D eigenvalue weighted by Crippen LogP contribution is 2.49. The van der Waals surface area contributed by atoms with Gasteiger partial charge in [-0.1, -0.05) is 52.8 Å². The number of aliphatic imine (C=N–C) groups is 1. The van der Waals surface area contributed by atoms with Gasteiger partial charge in [-0.25, -0.2) is 0 Å². The van der Waals surface area contributed by atoms with Crippen molar-refractivity contribution >= 4 is 15.8 Å². The van der Waals surface area contributed by atoms with Gasteiger partial charge in [0, 0.05) is 28.3 Å². The molecule has 0 aromatic carbocycles. The maximum Gasteiger partial charge on any atom is 0.267 e. The van der Waals surface area contributed by atoms with Crippen molar-refractivity contribution in [1.82, 2.24) is 5.32 Å². The highest BCUT2D eigenvalue weighted by atomic mass is 32.2. The highest BCUT2D eigenvalue weighted by Gasteiger charge is 2.49. The molecule has 32 heavy (non-hydrogen) atoms. The first-order valence-corrected chi connectivity index (χ1v) is 13.8. The second-order valence-corrected chi connectivity index (χ2v) is 13.4. The zero-order valence-electron chi connectivity index (χ0n) is 20.2. The van der Waals surface area contributed by atoms with Crippen molar-refractivity contribution in [2.24, 2.45) is 33.6 Å². The minimum atomic E-state index is -3.98. The van der Waals surface area contributed by atoms with Crippen molar-refractivity contribution in [3.8, 4) is 0 Å². The highest BCUT2D eigenvalue weighted by molar-refractivity contribution is 7.86. The number of nitrogens with zero attached hydrogens (tertiary/aromatic N) is 1. The average molecular weight is 461 g/mol. The van der Waals surface area contributed by atoms with Crippen LogP contribution in [-0.4, -0.2) is 36.0 Å². The third-order valence-corrected chi connectivity index (χ3v) is 10.2. The van der Waals surface area contributed by atoms with Crippen molar-refractivity contribution in [3.05, 3.63) is 36.1 Å². The summed E-state index contributed by atoms with van der Waals surface area (Å²) in [7, 11) is -3.98. The second-order valence-electron chi connectivity index (χ2n) is 11.7. The molecule has 0 aromatic heterocycles. The van der Waals surface area contributed by atoms with Crippen LogP contribution in [0.3, 0.4) is 0 Å². The maximum absolute atomic E-state index is 11.6. The van der Waals surface area contributed by atoms with E-state index in [1.165, 1.54) is 25.0 Å². The van der Waals surface area contributed by atoms with Crippen LogP contribution in [0.2, 0.25) is 0 Å². The smallest absolute Gasteiger partial charge is 0.267 e. The monoisotopic (exact) mass is 460 g/mol. The Morgan fingerprint density at radius 2 is 1.72 bits per heavy atom. The molecule has 4 rings (SSSR count). The van der Waals surface area contributed by atoms with Crippen LogP contribution < -0.4 is 5.32 Å². The molecule has 2 heterocycles. The van der Waals surface area contributed by atoms with Crippen LogP contribution in [-0.2, 0) is 10.1 Å². The van der Waals surface area contributed by atoms with Gasteiger partial charge in [-0.05, 0) is 68.4 Å². The Kier molecular flexibility index (Phi) is 6.25. The average Bonchev–Trinajstić information content (AvgIpc) is 3.10. The summed E-state index contributed by atoms with van der Waals surface area (Å²) in [6.07, 6.45) is 16.1. The van der Waals surface area contributed by atoms with Crippen LogP contribution >= 0.6 is 0 Å². The number of hydrogen-bond donors (Lipinski definition) is 2. The molecule has 3 fully saturated rings. The normalized spacial score (nSPS) is 39.8. The predicted octanol–water partition coefficient (Wildman–Crippen LogP) is 5.32. The van der Waals surface area contributed by atoms with Gasteiger partial charge in [-0.15, -0.1) is 0 Å². The molecule has 178 valence electrons. The van der Waals surface area contributed by atoms with Gasteiger partial charge in [0.1, 0.15) is 0 Å². The molecule has 6 unspecified atom stereocenters. The summed E-state index contributed by atoms with van der Waals surface area (Å²) in [6, 6.07) is 0.767. The minimum Gasteiger partial charge on any atom is -0.385 e. The van der Waals surface area contributed by atoms with Crippen LogP contribution in [0.25, 0.3) is 0 Å². The number of allylic oxidation sites excluding steroid dienone is 6. The Balaban J connectivity index is 1.41. The van der Waals surface area contributed by atoms with E-state index in [4.69, 9.17) is 4.99 Å². The Labute approximate surface area is 194 Å². The van der Waals surface area contributed by atoms with Gasteiger partial charge in [-0.2, -0.15) is 8.42 Å². The van der Waals surface area contributed by atoms with Gasteiger partial charge >= 0.3 is 0 Å². The summed E-state index contributed by atoms with van der Waals surface area (Å²) in [5.41, 5.74) is 2.36. The van der Waals surface area contributed by atoms with Gasteiger partial charge in [0.2, 0.25) is 0 Å². The van der Waals surface area contributed by atoms with Crippen LogP contribution in [0.1, 0.15) is 73.1 Å². The molecule has 2 aliphatic carbocycles. The van der Waals surface area contributed by atoms with E-state index in [0.29, 0.717) is 24.8 Å². The zero-order valence-corrected chi connectivity index (χ0v) is 21.0. The molecule has 6 atom stereocenters. The van der Waals surface area contributed by atoms with Crippen LogP contribution in [0.4, 0.5) is 0 Å². The molecule has 0 spiro atoms. The van der Waals surface area contributed by atoms with Crippen LogP contribution in [0.15, 0.2) is 41.1 Å². The number of rotatable bonds is 4. The molecule has 0 bridgehead atoms. The molecule has 2 N–H and O–H groups in total. The first-order valence-electron chi connectivity index (χ1n) is 12.3. The van der Waals surface area contributed by atoms with E-state index in [9.17, 15) is 13.0 Å². The molecule has 2 aliphatic heterocycles. The van der Waals surface area contributed by atoms with Gasteiger partial charge in [0.25, 0.3) is 10.1 Å². The van der Waals surface area contributed by atoms with E-state index in [1.807, 2.05) is 6.08 Å². The van der Waals surface area contributed by atoms with E-state index in [2.05, 4.69) is 64.2 Å². The summed E-state index contributed by atoms with van der Waals surface area (Å²) >= 11 is 0. The number of hydrogen-bond acceptors (Lipinski definition) is 4. The lowest BCUT2D eigenvalue weighted by atomic mass is 9.68. The predicted molar refractivity (Wildman–Crippen MR) is 131 cm³/mol. The van der Waals surface area contributed by atoms with Crippen molar-refractivity contribution in [3.63, 3.8) is 0 Å². The first kappa shape index (κ1) is 23.7. The molecular formula is C26H40N2O3S. The lowest BCUT2D eigenvalue weighted by Crippen LogP contribution is -2.40. The number of nitrogens with one attached hydrogen (secondary N) is 1. The minimum absolute atomic E-state index is 0.156. The quantitative estimate of drug-likeness (QED) is 0.439. The van der Waals surface area contributed by atoms with Crippen molar-refractivity contribution in [1.29, 1.82) is 0 Å². The van der Waals surface area contributed by atoms with E-state index < -0.39 is 15.4 Å². The molecular weight excluding hydrogens is 420 g/mol. The lowest BCUT2D eigenvalue weighted by Gasteiger charge is -2.36. The summed E-state index contributed by atoms with van der Waals surface area (Å²) in [4.78, 5) is 4.93. The van der Waals surface area contributed by atoms with Gasteiger partial charge in [-0.3, -0.25) is 9.55 Å². The third kappa shape index (κ3) is 4.37. The van der Waals surface area contributed by atoms with Gasteiger partial charge in [0.15, 0.2) is 0 Å². The fourth-order valence-electron chi connectivity index (χ4n) is 6.67. The second kappa shape index (κ2) is 8.43. The first-order chi connectivity index (χ1) is 14.9. The summed E-state index contributed by atoms with van der Waals surface area (Å²) in [5, 5.41) is 3.14. The molecule has 6 heteroatoms. The van der Waals surface area contributed by atoms with Gasteiger partial charge in [0.05, 0.1) is 11.3 Å². The molecule has 0 radical (unpaired) electrons. The molecule has 2 saturated carbocycles. The van der Waals surface area contributed by atoms with Crippen molar-refractivity contribution in [2.75, 3.05) is 0 Å². The summed E-state index contributed by atoms with van der Waals surface area (Å²) < 4.78 is 32.8. The Bertz CT molecular complexity index is 958. The summed E-state index contributed by atoms with van der Waals surface area (Å²) in [5.74, 6) is 1.69. The molecule has 1 saturated heterocycles. The van der Waals surface area contributed by atoms with Crippen LogP contribution in [0, 0.1) is 28.6 Å². The molecule has 4 aliphatic rings. The SMILES string of the molecule is CC1CCC2N/C(=C/C=C/C=C/C3=NC4CCC(S(=O)(=O)O)CC4C3(C)C)C(C)(C)C2C1. The van der Waals surface area contributed by atoms with E-state index in [0.717, 1.165) is 18.1 Å². The van der Waals surface area contributed by atoms with E-state index >= 15 is 0 Å². The summed E-state index contributed by atoms with van der Waals surface area (Å²) in [6.45, 7) is 11.4. The van der Waals surface area contributed by atoms with Gasteiger partial charge < -0.3 is 5.32 Å². The van der Waals surface area contributed by atoms with Crippen molar-refractivity contribution in [2.45, 2.75) is 90.5 Å². The number of fused-ring (bicyclic) bond motifs is 2. The Morgan fingerprint density at radius 3 is 2.44 bits per heavy atom. The Hall–Kier alpha value is -1.40. The third-order valence-electron chi connectivity index (χ3n) is 8.89. The van der Waals surface area contributed by atoms with Crippen molar-refractivity contribution < 1.29 is 13.0 Å². The molecule has 0 aromatic rings. The van der Waals surface area contributed by atoms with E-state index in [-0.39, 0.29) is 22.8 Å². The topological polar surface area (TPSA) is 78.8 Å². The zero-order chi connectivity index (χ0) is 23.3. The fourth-order valence-corrected chi connectivity index (χ4v) is 7.56. The van der Waals surface area contributed by atoms with E-state index in [1.54, 1.807) is 0 Å². The van der Waals surface area contributed by atoms with Crippen LogP contribution in [0.5, 0.6) is 0 Å². The standard InChI is InChI=1S/C26H40N2O3S/c1-17-11-13-21-19(15-17)25(2,3)23(27-21)9-7-6-8-10-24-26(4,5)20-16-18(32(29,30)31)12-14-22(20)28-24/h6-10,17-22,27H,11-16H2,1-5H3,(H,29,30,31)/b7-6+,10-8+,23-9+. The largest absolute Gasteiger partial charge is 0.385 e. The molecule has 0 amide bonds. The maximum atomic E-state index is 11.6. The fraction of sp³-hybridized carbons (Fsp3) is 0.731. The lowest BCUT2D eigenvalue weighted by molar-refractivity contribution is 0.176. The Morgan fingerprint density at radius 1 is 0.969 bits per heavy atom. The molecule has 5 nitrogen and oxygen atoms in total.